The molecule has 1 amide bonds. The van der Waals surface area contributed by atoms with Crippen LogP contribution in [-0.4, -0.2) is 31.1 Å². The molecule has 0 radical (unpaired) electrons. The highest BCUT2D eigenvalue weighted by atomic mass is 16.2. The molecule has 1 atom stereocenters. The zero-order chi connectivity index (χ0) is 12.2. The highest BCUT2D eigenvalue weighted by Gasteiger charge is 2.16. The quantitative estimate of drug-likeness (QED) is 0.345. The predicted molar refractivity (Wildman–Crippen MR) is 62.7 cm³/mol. The number of nitrogens with one attached hydrogen (secondary N) is 1. The van der Waals surface area contributed by atoms with Crippen LogP contribution < -0.4 is 11.1 Å². The van der Waals surface area contributed by atoms with E-state index in [0.29, 0.717) is 13.0 Å². The first kappa shape index (κ1) is 15.0. The highest BCUT2D eigenvalue weighted by molar-refractivity contribution is 5.86. The average Bonchev–Trinajstić information content (AvgIpc) is 2.28. The van der Waals surface area contributed by atoms with Crippen molar-refractivity contribution in [1.29, 1.82) is 0 Å². The van der Waals surface area contributed by atoms with Gasteiger partial charge in [-0.3, -0.25) is 4.79 Å². The number of carbonyl (C=O) groups is 1. The van der Waals surface area contributed by atoms with E-state index in [9.17, 15) is 9.59 Å². The standard InChI is InChI=1S/C11H21N3O2/c1-2-3-8-13-10(6-4-5-7-12)11(16)14-9-15/h10,13H,2-8,12H2,1H3. The Balaban J connectivity index is 4.04. The number of hydrogen-bond donors (Lipinski definition) is 2. The van der Waals surface area contributed by atoms with E-state index in [0.717, 1.165) is 32.2 Å². The predicted octanol–water partition coefficient (Wildman–Crippen LogP) is 0.736. The largest absolute Gasteiger partial charge is 0.330 e. The first-order valence-electron chi connectivity index (χ1n) is 5.81. The molecule has 3 N–H and O–H groups in total. The first-order valence-corrected chi connectivity index (χ1v) is 5.81. The fourth-order valence-electron chi connectivity index (χ4n) is 1.38. The second-order valence-corrected chi connectivity index (χ2v) is 3.69. The zero-order valence-electron chi connectivity index (χ0n) is 9.87. The summed E-state index contributed by atoms with van der Waals surface area (Å²) in [7, 11) is 0. The minimum absolute atomic E-state index is 0.362. The molecule has 0 rings (SSSR count). The Morgan fingerprint density at radius 1 is 1.44 bits per heavy atom. The van der Waals surface area contributed by atoms with Gasteiger partial charge in [0.25, 0.3) is 5.91 Å². The van der Waals surface area contributed by atoms with Crippen molar-refractivity contribution in [2.24, 2.45) is 10.7 Å². The van der Waals surface area contributed by atoms with Crippen LogP contribution in [0.4, 0.5) is 0 Å². The lowest BCUT2D eigenvalue weighted by atomic mass is 10.1. The lowest BCUT2D eigenvalue weighted by Gasteiger charge is -2.14. The van der Waals surface area contributed by atoms with Crippen molar-refractivity contribution in [3.8, 4) is 0 Å². The molecule has 0 saturated heterocycles. The highest BCUT2D eigenvalue weighted by Crippen LogP contribution is 2.02. The van der Waals surface area contributed by atoms with Crippen molar-refractivity contribution >= 4 is 12.0 Å². The third-order valence-corrected chi connectivity index (χ3v) is 2.32. The van der Waals surface area contributed by atoms with Gasteiger partial charge in [-0.25, -0.2) is 4.79 Å². The maximum atomic E-state index is 11.4. The fourth-order valence-corrected chi connectivity index (χ4v) is 1.38. The Morgan fingerprint density at radius 3 is 2.75 bits per heavy atom. The van der Waals surface area contributed by atoms with Crippen molar-refractivity contribution in [1.82, 2.24) is 5.32 Å². The Morgan fingerprint density at radius 2 is 2.19 bits per heavy atom. The van der Waals surface area contributed by atoms with Crippen LogP contribution in [0.2, 0.25) is 0 Å². The molecule has 0 aromatic heterocycles. The van der Waals surface area contributed by atoms with E-state index < -0.39 is 5.91 Å². The Kier molecular flexibility index (Phi) is 9.81. The average molecular weight is 227 g/mol. The van der Waals surface area contributed by atoms with E-state index in [1.165, 1.54) is 6.08 Å². The molecule has 0 aliphatic carbocycles. The molecule has 5 nitrogen and oxygen atoms in total. The van der Waals surface area contributed by atoms with Crippen molar-refractivity contribution in [3.63, 3.8) is 0 Å². The van der Waals surface area contributed by atoms with E-state index in [2.05, 4.69) is 17.2 Å². The molecular formula is C11H21N3O2. The van der Waals surface area contributed by atoms with Crippen molar-refractivity contribution in [2.75, 3.05) is 13.1 Å². The summed E-state index contributed by atoms with van der Waals surface area (Å²) in [5.41, 5.74) is 5.38. The number of hydrogen-bond acceptors (Lipinski definition) is 4. The molecule has 0 fully saturated rings. The van der Waals surface area contributed by atoms with Crippen LogP contribution >= 0.6 is 0 Å². The van der Waals surface area contributed by atoms with Gasteiger partial charge in [-0.2, -0.15) is 0 Å². The van der Waals surface area contributed by atoms with Gasteiger partial charge in [0.2, 0.25) is 6.08 Å². The Hall–Kier alpha value is -1.03. The summed E-state index contributed by atoms with van der Waals surface area (Å²) in [6.45, 7) is 3.47. The van der Waals surface area contributed by atoms with Gasteiger partial charge in [0.05, 0.1) is 6.04 Å². The van der Waals surface area contributed by atoms with Crippen molar-refractivity contribution in [3.05, 3.63) is 0 Å². The molecule has 0 aromatic rings. The van der Waals surface area contributed by atoms with Crippen LogP contribution in [0.15, 0.2) is 4.99 Å². The number of carbonyl (C=O) groups excluding carboxylic acids is 2. The monoisotopic (exact) mass is 227 g/mol. The van der Waals surface area contributed by atoms with E-state index in [-0.39, 0.29) is 6.04 Å². The van der Waals surface area contributed by atoms with Gasteiger partial charge >= 0.3 is 0 Å². The van der Waals surface area contributed by atoms with Crippen LogP contribution in [-0.2, 0) is 9.59 Å². The molecule has 0 spiro atoms. The van der Waals surface area contributed by atoms with E-state index in [1.54, 1.807) is 0 Å². The number of nitrogens with zero attached hydrogens (tertiary/aromatic N) is 1. The molecular weight excluding hydrogens is 206 g/mol. The Labute approximate surface area is 96.5 Å². The third kappa shape index (κ3) is 7.29. The van der Waals surface area contributed by atoms with Crippen molar-refractivity contribution in [2.45, 2.75) is 45.1 Å². The zero-order valence-corrected chi connectivity index (χ0v) is 9.87. The van der Waals surface area contributed by atoms with E-state index in [4.69, 9.17) is 5.73 Å². The molecule has 0 saturated carbocycles. The molecule has 0 aliphatic rings. The molecule has 1 unspecified atom stereocenters. The summed E-state index contributed by atoms with van der Waals surface area (Å²) in [5, 5.41) is 3.10. The number of amides is 1. The van der Waals surface area contributed by atoms with Gasteiger partial charge in [-0.15, -0.1) is 4.99 Å². The van der Waals surface area contributed by atoms with Crippen LogP contribution in [0, 0.1) is 0 Å². The number of rotatable bonds is 9. The molecule has 0 aliphatic heterocycles. The molecule has 16 heavy (non-hydrogen) atoms. The summed E-state index contributed by atoms with van der Waals surface area (Å²) in [6.07, 6.45) is 5.77. The number of isocyanates is 1. The number of aliphatic imine (C=N–C) groups is 1. The van der Waals surface area contributed by atoms with Crippen LogP contribution in [0.1, 0.15) is 39.0 Å². The molecule has 0 aromatic carbocycles. The number of nitrogens with two attached hydrogens (primary N) is 1. The summed E-state index contributed by atoms with van der Waals surface area (Å²) in [4.78, 5) is 24.6. The van der Waals surface area contributed by atoms with E-state index >= 15 is 0 Å². The summed E-state index contributed by atoms with van der Waals surface area (Å²) in [6, 6.07) is -0.362. The molecule has 5 heteroatoms. The molecule has 92 valence electrons. The van der Waals surface area contributed by atoms with Crippen LogP contribution in [0.5, 0.6) is 0 Å². The Bertz CT molecular complexity index is 227. The second kappa shape index (κ2) is 10.5. The summed E-state index contributed by atoms with van der Waals surface area (Å²) >= 11 is 0. The van der Waals surface area contributed by atoms with Gasteiger partial charge in [0.1, 0.15) is 0 Å². The summed E-state index contributed by atoms with van der Waals surface area (Å²) < 4.78 is 0. The fraction of sp³-hybridized carbons (Fsp3) is 0.818. The maximum Gasteiger partial charge on any atom is 0.273 e. The lowest BCUT2D eigenvalue weighted by molar-refractivity contribution is -0.119. The van der Waals surface area contributed by atoms with Gasteiger partial charge in [-0.1, -0.05) is 19.8 Å². The van der Waals surface area contributed by atoms with Gasteiger partial charge in [0.15, 0.2) is 0 Å². The van der Waals surface area contributed by atoms with Gasteiger partial charge in [-0.05, 0) is 32.4 Å². The van der Waals surface area contributed by atoms with Crippen LogP contribution in [0.25, 0.3) is 0 Å². The minimum Gasteiger partial charge on any atom is -0.330 e. The smallest absolute Gasteiger partial charge is 0.273 e. The molecule has 0 heterocycles. The van der Waals surface area contributed by atoms with E-state index in [1.807, 2.05) is 0 Å². The maximum absolute atomic E-state index is 11.4. The normalized spacial score (nSPS) is 11.9. The number of unbranched alkanes of at least 4 members (excludes halogenated alkanes) is 2. The van der Waals surface area contributed by atoms with Gasteiger partial charge in [0, 0.05) is 0 Å². The second-order valence-electron chi connectivity index (χ2n) is 3.69. The SMILES string of the molecule is CCCCNC(CCCCN)C(=O)N=C=O. The van der Waals surface area contributed by atoms with Crippen molar-refractivity contribution < 1.29 is 9.59 Å². The third-order valence-electron chi connectivity index (χ3n) is 2.32. The summed E-state index contributed by atoms with van der Waals surface area (Å²) in [5.74, 6) is -0.428. The minimum atomic E-state index is -0.428. The van der Waals surface area contributed by atoms with Crippen LogP contribution in [0.3, 0.4) is 0 Å². The first-order chi connectivity index (χ1) is 7.76. The lowest BCUT2D eigenvalue weighted by Crippen LogP contribution is -2.36. The van der Waals surface area contributed by atoms with Gasteiger partial charge < -0.3 is 11.1 Å². The molecule has 0 bridgehead atoms. The topological polar surface area (TPSA) is 84.5 Å².